The van der Waals surface area contributed by atoms with Gasteiger partial charge in [-0.3, -0.25) is 0 Å². The van der Waals surface area contributed by atoms with Crippen molar-refractivity contribution in [3.05, 3.63) is 28.2 Å². The molecule has 0 fully saturated rings. The molecule has 102 valence electrons. The molecule has 0 spiro atoms. The fourth-order valence-electron chi connectivity index (χ4n) is 1.36. The first-order chi connectivity index (χ1) is 8.38. The summed E-state index contributed by atoms with van der Waals surface area (Å²) in [6, 6.07) is 5.88. The number of hydrogen-bond acceptors (Lipinski definition) is 2. The third kappa shape index (κ3) is 6.26. The van der Waals surface area contributed by atoms with Crippen LogP contribution in [0.4, 0.5) is 18.9 Å². The van der Waals surface area contributed by atoms with Gasteiger partial charge in [0.15, 0.2) is 0 Å². The van der Waals surface area contributed by atoms with Gasteiger partial charge < -0.3 is 10.1 Å². The van der Waals surface area contributed by atoms with Crippen LogP contribution >= 0.6 is 15.9 Å². The van der Waals surface area contributed by atoms with Crippen molar-refractivity contribution in [2.45, 2.75) is 19.5 Å². The Hall–Kier alpha value is -0.750. The van der Waals surface area contributed by atoms with E-state index in [-0.39, 0.29) is 6.61 Å². The van der Waals surface area contributed by atoms with Crippen molar-refractivity contribution >= 4 is 21.6 Å². The Morgan fingerprint density at radius 1 is 1.33 bits per heavy atom. The largest absolute Gasteiger partial charge is 0.411 e. The molecule has 6 heteroatoms. The van der Waals surface area contributed by atoms with Crippen molar-refractivity contribution in [3.63, 3.8) is 0 Å². The van der Waals surface area contributed by atoms with Crippen molar-refractivity contribution < 1.29 is 17.9 Å². The first kappa shape index (κ1) is 15.3. The Kier molecular flexibility index (Phi) is 5.95. The third-order valence-electron chi connectivity index (χ3n) is 2.17. The minimum Gasteiger partial charge on any atom is -0.384 e. The topological polar surface area (TPSA) is 21.3 Å². The second-order valence-corrected chi connectivity index (χ2v) is 4.79. The lowest BCUT2D eigenvalue weighted by molar-refractivity contribution is -0.173. The average Bonchev–Trinajstić information content (AvgIpc) is 2.26. The average molecular weight is 326 g/mol. The molecule has 0 bridgehead atoms. The molecule has 1 N–H and O–H groups in total. The van der Waals surface area contributed by atoms with Gasteiger partial charge in [0.1, 0.15) is 6.61 Å². The van der Waals surface area contributed by atoms with Gasteiger partial charge in [0.05, 0.1) is 0 Å². The minimum atomic E-state index is -4.24. The number of hydrogen-bond donors (Lipinski definition) is 1. The molecule has 0 amide bonds. The second kappa shape index (κ2) is 6.99. The van der Waals surface area contributed by atoms with Gasteiger partial charge in [0, 0.05) is 23.3 Å². The smallest absolute Gasteiger partial charge is 0.384 e. The van der Waals surface area contributed by atoms with E-state index in [0.717, 1.165) is 15.7 Å². The molecule has 0 saturated heterocycles. The van der Waals surface area contributed by atoms with E-state index in [1.165, 1.54) is 0 Å². The quantitative estimate of drug-likeness (QED) is 0.794. The number of halogens is 4. The highest BCUT2D eigenvalue weighted by Gasteiger charge is 2.27. The maximum atomic E-state index is 11.8. The molecular weight excluding hydrogens is 311 g/mol. The normalized spacial score (nSPS) is 11.6. The van der Waals surface area contributed by atoms with Gasteiger partial charge in [-0.05, 0) is 47.0 Å². The van der Waals surface area contributed by atoms with Gasteiger partial charge >= 0.3 is 6.18 Å². The van der Waals surface area contributed by atoms with E-state index in [0.29, 0.717) is 13.0 Å². The monoisotopic (exact) mass is 325 g/mol. The lowest BCUT2D eigenvalue weighted by atomic mass is 10.2. The number of benzene rings is 1. The van der Waals surface area contributed by atoms with E-state index < -0.39 is 12.8 Å². The van der Waals surface area contributed by atoms with Crippen LogP contribution < -0.4 is 5.32 Å². The molecule has 0 atom stereocenters. The van der Waals surface area contributed by atoms with Crippen molar-refractivity contribution in [1.82, 2.24) is 0 Å². The summed E-state index contributed by atoms with van der Waals surface area (Å²) in [7, 11) is 0. The zero-order valence-electron chi connectivity index (χ0n) is 9.98. The highest BCUT2D eigenvalue weighted by molar-refractivity contribution is 9.10. The molecular formula is C12H15BrF3NO. The number of rotatable bonds is 6. The molecule has 2 nitrogen and oxygen atoms in total. The number of anilines is 1. The first-order valence-corrected chi connectivity index (χ1v) is 6.32. The van der Waals surface area contributed by atoms with Crippen LogP contribution in [0, 0.1) is 6.92 Å². The molecule has 0 unspecified atom stereocenters. The zero-order valence-corrected chi connectivity index (χ0v) is 11.6. The Balaban J connectivity index is 2.20. The van der Waals surface area contributed by atoms with Crippen LogP contribution in [-0.2, 0) is 4.74 Å². The Labute approximate surface area is 113 Å². The molecule has 0 aliphatic heterocycles. The molecule has 1 aromatic carbocycles. The van der Waals surface area contributed by atoms with Crippen LogP contribution in [0.25, 0.3) is 0 Å². The number of aryl methyl sites for hydroxylation is 1. The molecule has 0 aliphatic carbocycles. The first-order valence-electron chi connectivity index (χ1n) is 5.53. The number of ether oxygens (including phenoxy) is 1. The zero-order chi connectivity index (χ0) is 13.6. The lowest BCUT2D eigenvalue weighted by Crippen LogP contribution is -2.18. The SMILES string of the molecule is Cc1ccc(Br)c(NCCCOCC(F)(F)F)c1. The van der Waals surface area contributed by atoms with E-state index in [1.807, 2.05) is 25.1 Å². The number of alkyl halides is 3. The van der Waals surface area contributed by atoms with E-state index >= 15 is 0 Å². The van der Waals surface area contributed by atoms with Gasteiger partial charge in [0.25, 0.3) is 0 Å². The molecule has 0 aliphatic rings. The van der Waals surface area contributed by atoms with E-state index in [1.54, 1.807) is 0 Å². The van der Waals surface area contributed by atoms with Gasteiger partial charge in [-0.2, -0.15) is 13.2 Å². The van der Waals surface area contributed by atoms with Crippen LogP contribution in [-0.4, -0.2) is 25.9 Å². The standard InChI is InChI=1S/C12H15BrF3NO/c1-9-3-4-10(13)11(7-9)17-5-2-6-18-8-12(14,15)16/h3-4,7,17H,2,5-6,8H2,1H3. The second-order valence-electron chi connectivity index (χ2n) is 3.93. The minimum absolute atomic E-state index is 0.0932. The molecule has 0 radical (unpaired) electrons. The molecule has 18 heavy (non-hydrogen) atoms. The van der Waals surface area contributed by atoms with Gasteiger partial charge in [-0.25, -0.2) is 0 Å². The summed E-state index contributed by atoms with van der Waals surface area (Å²) in [5.41, 5.74) is 2.06. The van der Waals surface area contributed by atoms with Crippen molar-refractivity contribution in [1.29, 1.82) is 0 Å². The van der Waals surface area contributed by atoms with Crippen molar-refractivity contribution in [2.24, 2.45) is 0 Å². The van der Waals surface area contributed by atoms with Crippen LogP contribution in [0.1, 0.15) is 12.0 Å². The van der Waals surface area contributed by atoms with Crippen LogP contribution in [0.5, 0.6) is 0 Å². The van der Waals surface area contributed by atoms with Crippen LogP contribution in [0.2, 0.25) is 0 Å². The summed E-state index contributed by atoms with van der Waals surface area (Å²) in [4.78, 5) is 0. The van der Waals surface area contributed by atoms with Crippen LogP contribution in [0.15, 0.2) is 22.7 Å². The molecule has 1 aromatic rings. The summed E-state index contributed by atoms with van der Waals surface area (Å²) in [6.45, 7) is 1.46. The Morgan fingerprint density at radius 2 is 2.06 bits per heavy atom. The molecule has 0 saturated carbocycles. The lowest BCUT2D eigenvalue weighted by Gasteiger charge is -2.10. The third-order valence-corrected chi connectivity index (χ3v) is 2.86. The molecule has 0 aromatic heterocycles. The van der Waals surface area contributed by atoms with E-state index in [9.17, 15) is 13.2 Å². The Morgan fingerprint density at radius 3 is 2.72 bits per heavy atom. The van der Waals surface area contributed by atoms with Crippen molar-refractivity contribution in [2.75, 3.05) is 25.1 Å². The summed E-state index contributed by atoms with van der Waals surface area (Å²) in [5.74, 6) is 0. The summed E-state index contributed by atoms with van der Waals surface area (Å²) in [6.07, 6.45) is -3.72. The van der Waals surface area contributed by atoms with Crippen LogP contribution in [0.3, 0.4) is 0 Å². The predicted octanol–water partition coefficient (Wildman–Crippen LogP) is 4.14. The highest BCUT2D eigenvalue weighted by Crippen LogP contribution is 2.23. The van der Waals surface area contributed by atoms with E-state index in [2.05, 4.69) is 26.0 Å². The molecule has 1 rings (SSSR count). The number of nitrogens with one attached hydrogen (secondary N) is 1. The van der Waals surface area contributed by atoms with Gasteiger partial charge in [-0.15, -0.1) is 0 Å². The summed E-state index contributed by atoms with van der Waals surface area (Å²) >= 11 is 3.40. The van der Waals surface area contributed by atoms with Crippen molar-refractivity contribution in [3.8, 4) is 0 Å². The predicted molar refractivity (Wildman–Crippen MR) is 68.9 cm³/mol. The Bertz CT molecular complexity index is 382. The van der Waals surface area contributed by atoms with Gasteiger partial charge in [-0.1, -0.05) is 6.07 Å². The fourth-order valence-corrected chi connectivity index (χ4v) is 1.75. The fraction of sp³-hybridized carbons (Fsp3) is 0.500. The maximum absolute atomic E-state index is 11.8. The van der Waals surface area contributed by atoms with E-state index in [4.69, 9.17) is 0 Å². The maximum Gasteiger partial charge on any atom is 0.411 e. The highest BCUT2D eigenvalue weighted by atomic mass is 79.9. The summed E-state index contributed by atoms with van der Waals surface area (Å²) in [5, 5.41) is 3.14. The molecule has 0 heterocycles. The summed E-state index contributed by atoms with van der Waals surface area (Å²) < 4.78 is 40.8. The van der Waals surface area contributed by atoms with Gasteiger partial charge in [0.2, 0.25) is 0 Å².